The molecule has 0 fully saturated rings. The third-order valence-corrected chi connectivity index (χ3v) is 3.07. The van der Waals surface area contributed by atoms with Gasteiger partial charge in [-0.1, -0.05) is 13.8 Å². The quantitative estimate of drug-likeness (QED) is 0.786. The Morgan fingerprint density at radius 3 is 2.59 bits per heavy atom. The predicted molar refractivity (Wildman–Crippen MR) is 67.5 cm³/mol. The molecule has 0 N–H and O–H groups in total. The summed E-state index contributed by atoms with van der Waals surface area (Å²) in [5.74, 6) is -0.247. The number of carbonyl (C=O) groups is 1. The van der Waals surface area contributed by atoms with Crippen LogP contribution in [0.1, 0.15) is 42.9 Å². The molecule has 2 rings (SSSR count). The molecule has 0 atom stereocenters. The highest BCUT2D eigenvalue weighted by Crippen LogP contribution is 2.22. The van der Waals surface area contributed by atoms with Crippen LogP contribution < -0.4 is 0 Å². The van der Waals surface area contributed by atoms with Crippen LogP contribution >= 0.6 is 11.3 Å². The van der Waals surface area contributed by atoms with Crippen LogP contribution in [-0.2, 0) is 4.74 Å². The van der Waals surface area contributed by atoms with E-state index in [4.69, 9.17) is 4.74 Å². The van der Waals surface area contributed by atoms with Gasteiger partial charge in [0.25, 0.3) is 0 Å². The second kappa shape index (κ2) is 4.79. The minimum absolute atomic E-state index is 0.145. The number of carbonyl (C=O) groups excluding carboxylic acids is 1. The van der Waals surface area contributed by atoms with Gasteiger partial charge in [0, 0.05) is 10.8 Å². The number of hydrogen-bond donors (Lipinski definition) is 0. The van der Waals surface area contributed by atoms with Crippen molar-refractivity contribution in [2.45, 2.75) is 26.7 Å². The highest BCUT2D eigenvalue weighted by atomic mass is 32.1. The van der Waals surface area contributed by atoms with Gasteiger partial charge in [-0.3, -0.25) is 0 Å². The Morgan fingerprint density at radius 2 is 2.00 bits per heavy atom. The molecule has 0 aliphatic rings. The zero-order valence-corrected chi connectivity index (χ0v) is 10.9. The summed E-state index contributed by atoms with van der Waals surface area (Å²) in [6.45, 7) is 6.11. The van der Waals surface area contributed by atoms with Gasteiger partial charge in [0.1, 0.15) is 5.52 Å². The van der Waals surface area contributed by atoms with Gasteiger partial charge in [-0.15, -0.1) is 11.3 Å². The number of nitrogens with zero attached hydrogens (tertiary/aromatic N) is 2. The van der Waals surface area contributed by atoms with Crippen LogP contribution in [0.2, 0.25) is 0 Å². The summed E-state index contributed by atoms with van der Waals surface area (Å²) in [5.41, 5.74) is 2.64. The Kier molecular flexibility index (Phi) is 3.38. The summed E-state index contributed by atoms with van der Waals surface area (Å²) in [6.07, 6.45) is 0. The van der Waals surface area contributed by atoms with Gasteiger partial charge in [0.05, 0.1) is 17.8 Å². The first-order chi connectivity index (χ1) is 8.13. The first-order valence-electron chi connectivity index (χ1n) is 5.54. The van der Waals surface area contributed by atoms with Gasteiger partial charge in [-0.25, -0.2) is 14.8 Å². The molecule has 2 aromatic heterocycles. The van der Waals surface area contributed by atoms with Crippen LogP contribution in [0.25, 0.3) is 11.0 Å². The van der Waals surface area contributed by atoms with Crippen molar-refractivity contribution in [2.24, 2.45) is 0 Å². The molecule has 0 saturated heterocycles. The van der Waals surface area contributed by atoms with Crippen molar-refractivity contribution < 1.29 is 9.53 Å². The van der Waals surface area contributed by atoms with Crippen molar-refractivity contribution in [1.82, 2.24) is 9.97 Å². The standard InChI is InChI=1S/C12H14N2O2S/c1-4-16-12(15)11-10(7(2)3)13-8-5-17-6-9(8)14-11/h5-7H,4H2,1-3H3. The van der Waals surface area contributed by atoms with E-state index in [0.29, 0.717) is 18.0 Å². The topological polar surface area (TPSA) is 52.1 Å². The smallest absolute Gasteiger partial charge is 0.358 e. The fourth-order valence-corrected chi connectivity index (χ4v) is 2.24. The molecule has 0 spiro atoms. The maximum absolute atomic E-state index is 11.8. The molecule has 2 heterocycles. The number of aromatic nitrogens is 2. The molecule has 2 aromatic rings. The number of esters is 1. The molecule has 5 heteroatoms. The average molecular weight is 250 g/mol. The largest absolute Gasteiger partial charge is 0.461 e. The first kappa shape index (κ1) is 12.0. The van der Waals surface area contributed by atoms with Crippen molar-refractivity contribution in [3.63, 3.8) is 0 Å². The van der Waals surface area contributed by atoms with Gasteiger partial charge in [-0.05, 0) is 12.8 Å². The van der Waals surface area contributed by atoms with E-state index in [1.165, 1.54) is 11.3 Å². The van der Waals surface area contributed by atoms with Crippen LogP contribution in [0.5, 0.6) is 0 Å². The van der Waals surface area contributed by atoms with Gasteiger partial charge in [0.2, 0.25) is 0 Å². The number of hydrogen-bond acceptors (Lipinski definition) is 5. The highest BCUT2D eigenvalue weighted by molar-refractivity contribution is 7.09. The Bertz CT molecular complexity index is 548. The molecule has 0 bridgehead atoms. The van der Waals surface area contributed by atoms with Gasteiger partial charge >= 0.3 is 5.97 Å². The second-order valence-electron chi connectivity index (χ2n) is 3.97. The van der Waals surface area contributed by atoms with Crippen molar-refractivity contribution in [3.05, 3.63) is 22.1 Å². The lowest BCUT2D eigenvalue weighted by atomic mass is 10.1. The Balaban J connectivity index is 2.57. The van der Waals surface area contributed by atoms with E-state index in [9.17, 15) is 4.79 Å². The Labute approximate surface area is 104 Å². The molecule has 0 aliphatic heterocycles. The number of fused-ring (bicyclic) bond motifs is 1. The Hall–Kier alpha value is -1.49. The third kappa shape index (κ3) is 2.29. The predicted octanol–water partition coefficient (Wildman–Crippen LogP) is 2.99. The van der Waals surface area contributed by atoms with Gasteiger partial charge in [0.15, 0.2) is 5.69 Å². The van der Waals surface area contributed by atoms with E-state index >= 15 is 0 Å². The minimum atomic E-state index is -0.392. The molecule has 0 aromatic carbocycles. The molecule has 0 radical (unpaired) electrons. The summed E-state index contributed by atoms with van der Waals surface area (Å²) >= 11 is 1.53. The van der Waals surface area contributed by atoms with Crippen molar-refractivity contribution >= 4 is 28.3 Å². The maximum Gasteiger partial charge on any atom is 0.358 e. The second-order valence-corrected chi connectivity index (χ2v) is 4.72. The minimum Gasteiger partial charge on any atom is -0.461 e. The molecule has 0 aliphatic carbocycles. The van der Waals surface area contributed by atoms with Crippen molar-refractivity contribution in [2.75, 3.05) is 6.61 Å². The van der Waals surface area contributed by atoms with E-state index in [2.05, 4.69) is 9.97 Å². The summed E-state index contributed by atoms with van der Waals surface area (Å²) in [4.78, 5) is 20.6. The monoisotopic (exact) mass is 250 g/mol. The molecule has 0 saturated carbocycles. The molecule has 4 nitrogen and oxygen atoms in total. The lowest BCUT2D eigenvalue weighted by Crippen LogP contribution is -2.13. The zero-order chi connectivity index (χ0) is 12.4. The Morgan fingerprint density at radius 1 is 1.35 bits per heavy atom. The fraction of sp³-hybridized carbons (Fsp3) is 0.417. The highest BCUT2D eigenvalue weighted by Gasteiger charge is 2.19. The van der Waals surface area contributed by atoms with Gasteiger partial charge in [-0.2, -0.15) is 0 Å². The summed E-state index contributed by atoms with van der Waals surface area (Å²) < 4.78 is 5.01. The summed E-state index contributed by atoms with van der Waals surface area (Å²) in [7, 11) is 0. The third-order valence-electron chi connectivity index (χ3n) is 2.35. The fourth-order valence-electron chi connectivity index (χ4n) is 1.56. The molecule has 0 amide bonds. The van der Waals surface area contributed by atoms with Crippen molar-refractivity contribution in [1.29, 1.82) is 0 Å². The summed E-state index contributed by atoms with van der Waals surface area (Å²) in [6, 6.07) is 0. The lowest BCUT2D eigenvalue weighted by molar-refractivity contribution is 0.0517. The molecule has 0 unspecified atom stereocenters. The van der Waals surface area contributed by atoms with E-state index in [-0.39, 0.29) is 5.92 Å². The number of rotatable bonds is 3. The molecular formula is C12H14N2O2S. The van der Waals surface area contributed by atoms with E-state index in [1.807, 2.05) is 24.6 Å². The number of thiophene rings is 1. The number of ether oxygens (including phenoxy) is 1. The van der Waals surface area contributed by atoms with E-state index < -0.39 is 5.97 Å². The first-order valence-corrected chi connectivity index (χ1v) is 6.48. The van der Waals surface area contributed by atoms with Crippen LogP contribution in [-0.4, -0.2) is 22.5 Å². The van der Waals surface area contributed by atoms with Gasteiger partial charge < -0.3 is 4.74 Å². The van der Waals surface area contributed by atoms with Crippen LogP contribution in [0.4, 0.5) is 0 Å². The molecule has 90 valence electrons. The van der Waals surface area contributed by atoms with Crippen LogP contribution in [0.15, 0.2) is 10.8 Å². The SMILES string of the molecule is CCOC(=O)c1nc2cscc2nc1C(C)C. The lowest BCUT2D eigenvalue weighted by Gasteiger charge is -2.09. The summed E-state index contributed by atoms with van der Waals surface area (Å²) in [5, 5.41) is 3.82. The van der Waals surface area contributed by atoms with E-state index in [0.717, 1.165) is 11.0 Å². The molecule has 17 heavy (non-hydrogen) atoms. The zero-order valence-electron chi connectivity index (χ0n) is 10.1. The van der Waals surface area contributed by atoms with Crippen LogP contribution in [0, 0.1) is 0 Å². The van der Waals surface area contributed by atoms with Crippen LogP contribution in [0.3, 0.4) is 0 Å². The maximum atomic E-state index is 11.8. The normalized spacial score (nSPS) is 11.1. The average Bonchev–Trinajstić information content (AvgIpc) is 2.74. The molecular weight excluding hydrogens is 236 g/mol. The van der Waals surface area contributed by atoms with E-state index in [1.54, 1.807) is 6.92 Å². The van der Waals surface area contributed by atoms with Crippen molar-refractivity contribution in [3.8, 4) is 0 Å².